The summed E-state index contributed by atoms with van der Waals surface area (Å²) in [4.78, 5) is 6.62. The number of rotatable bonds is 3. The van der Waals surface area contributed by atoms with E-state index >= 15 is 0 Å². The Morgan fingerprint density at radius 3 is 2.86 bits per heavy atom. The number of hydrogen-bond acceptors (Lipinski definition) is 6. The van der Waals surface area contributed by atoms with Crippen molar-refractivity contribution < 1.29 is 12.8 Å². The Bertz CT molecular complexity index is 733. The Morgan fingerprint density at radius 2 is 2.24 bits per heavy atom. The van der Waals surface area contributed by atoms with Crippen LogP contribution in [0.5, 0.6) is 0 Å². The van der Waals surface area contributed by atoms with Gasteiger partial charge in [-0.1, -0.05) is 0 Å². The number of aromatic nitrogens is 1. The Kier molecular flexibility index (Phi) is 3.90. The molecule has 0 amide bonds. The summed E-state index contributed by atoms with van der Waals surface area (Å²) in [5.74, 6) is 1.85. The number of nitrogens with zero attached hydrogens (tertiary/aromatic N) is 2. The van der Waals surface area contributed by atoms with Crippen LogP contribution in [0.25, 0.3) is 0 Å². The second kappa shape index (κ2) is 5.55. The minimum absolute atomic E-state index is 0.115. The van der Waals surface area contributed by atoms with Crippen LogP contribution in [0.2, 0.25) is 0 Å². The Morgan fingerprint density at radius 1 is 1.43 bits per heavy atom. The summed E-state index contributed by atoms with van der Waals surface area (Å²) in [6.45, 7) is 5.02. The van der Waals surface area contributed by atoms with E-state index in [2.05, 4.69) is 9.88 Å². The van der Waals surface area contributed by atoms with Gasteiger partial charge in [0.1, 0.15) is 16.5 Å². The quantitative estimate of drug-likeness (QED) is 0.866. The summed E-state index contributed by atoms with van der Waals surface area (Å²) in [6, 6.07) is 3.53. The van der Waals surface area contributed by atoms with Gasteiger partial charge in [0.15, 0.2) is 9.84 Å². The van der Waals surface area contributed by atoms with Crippen LogP contribution in [-0.4, -0.2) is 36.4 Å². The normalized spacial score (nSPS) is 22.5. The zero-order valence-electron chi connectivity index (χ0n) is 12.1. The van der Waals surface area contributed by atoms with E-state index in [9.17, 15) is 8.42 Å². The van der Waals surface area contributed by atoms with Crippen molar-refractivity contribution in [1.29, 1.82) is 0 Å². The first-order chi connectivity index (χ1) is 9.93. The lowest BCUT2D eigenvalue weighted by Gasteiger charge is -2.33. The van der Waals surface area contributed by atoms with Gasteiger partial charge >= 0.3 is 0 Å². The van der Waals surface area contributed by atoms with E-state index in [0.29, 0.717) is 13.1 Å². The molecule has 2 aromatic rings. The molecule has 21 heavy (non-hydrogen) atoms. The summed E-state index contributed by atoms with van der Waals surface area (Å²) >= 11 is 1.61. The lowest BCUT2D eigenvalue weighted by molar-refractivity contribution is 0.182. The van der Waals surface area contributed by atoms with Crippen molar-refractivity contribution in [2.24, 2.45) is 0 Å². The van der Waals surface area contributed by atoms with Crippen LogP contribution in [-0.2, 0) is 16.4 Å². The molecule has 0 saturated carbocycles. The van der Waals surface area contributed by atoms with Crippen molar-refractivity contribution >= 4 is 21.2 Å². The summed E-state index contributed by atoms with van der Waals surface area (Å²) in [5, 5.41) is 3.03. The average Bonchev–Trinajstić information content (AvgIpc) is 3.00. The van der Waals surface area contributed by atoms with Crippen LogP contribution in [0.1, 0.15) is 28.3 Å². The van der Waals surface area contributed by atoms with Gasteiger partial charge in [-0.25, -0.2) is 13.4 Å². The van der Waals surface area contributed by atoms with Crippen LogP contribution >= 0.6 is 11.3 Å². The predicted molar refractivity (Wildman–Crippen MR) is 82.1 cm³/mol. The van der Waals surface area contributed by atoms with E-state index in [4.69, 9.17) is 4.42 Å². The third-order valence-corrected chi connectivity index (χ3v) is 6.22. The van der Waals surface area contributed by atoms with E-state index in [1.807, 2.05) is 31.4 Å². The summed E-state index contributed by atoms with van der Waals surface area (Å²) in [6.07, 6.45) is 0. The van der Waals surface area contributed by atoms with Crippen LogP contribution in [0.4, 0.5) is 0 Å². The molecule has 3 heterocycles. The highest BCUT2D eigenvalue weighted by Crippen LogP contribution is 2.30. The second-order valence-corrected chi connectivity index (χ2v) is 8.60. The van der Waals surface area contributed by atoms with Gasteiger partial charge in [0.2, 0.25) is 0 Å². The van der Waals surface area contributed by atoms with E-state index in [-0.39, 0.29) is 17.5 Å². The topological polar surface area (TPSA) is 63.4 Å². The first-order valence-corrected chi connectivity index (χ1v) is 9.55. The van der Waals surface area contributed by atoms with Gasteiger partial charge in [-0.3, -0.25) is 4.90 Å². The minimum atomic E-state index is -3.01. The second-order valence-electron chi connectivity index (χ2n) is 5.43. The molecule has 1 aliphatic rings. The molecule has 7 heteroatoms. The van der Waals surface area contributed by atoms with Crippen LogP contribution in [0.3, 0.4) is 0 Å². The maximum absolute atomic E-state index is 12.0. The SMILES string of the molecule is Cc1csc(CN2CCS(=O)(=O)CC2c2ccc(C)o2)n1. The van der Waals surface area contributed by atoms with Gasteiger partial charge in [-0.05, 0) is 26.0 Å². The van der Waals surface area contributed by atoms with Crippen LogP contribution in [0, 0.1) is 13.8 Å². The molecular formula is C14H18N2O3S2. The van der Waals surface area contributed by atoms with E-state index in [1.165, 1.54) is 0 Å². The van der Waals surface area contributed by atoms with Crippen LogP contribution in [0.15, 0.2) is 21.9 Å². The molecule has 1 atom stereocenters. The smallest absolute Gasteiger partial charge is 0.153 e. The molecule has 0 radical (unpaired) electrons. The van der Waals surface area contributed by atoms with Gasteiger partial charge in [0.25, 0.3) is 0 Å². The number of aryl methyl sites for hydroxylation is 2. The molecule has 0 aromatic carbocycles. The van der Waals surface area contributed by atoms with Crippen molar-refractivity contribution in [3.8, 4) is 0 Å². The average molecular weight is 326 g/mol. The molecule has 5 nitrogen and oxygen atoms in total. The number of furan rings is 1. The fourth-order valence-corrected chi connectivity index (χ4v) is 4.91. The predicted octanol–water partition coefficient (Wildman–Crippen LogP) is 2.32. The first kappa shape index (κ1) is 14.7. The maximum Gasteiger partial charge on any atom is 0.153 e. The number of hydrogen-bond donors (Lipinski definition) is 0. The third kappa shape index (κ3) is 3.36. The maximum atomic E-state index is 12.0. The van der Waals surface area contributed by atoms with Gasteiger partial charge in [-0.15, -0.1) is 11.3 Å². The molecular weight excluding hydrogens is 308 g/mol. The number of sulfone groups is 1. The monoisotopic (exact) mass is 326 g/mol. The van der Waals surface area contributed by atoms with E-state index in [1.54, 1.807) is 11.3 Å². The molecule has 114 valence electrons. The molecule has 0 N–H and O–H groups in total. The summed E-state index contributed by atoms with van der Waals surface area (Å²) in [5.41, 5.74) is 1.00. The van der Waals surface area contributed by atoms with Gasteiger partial charge in [0.05, 0.1) is 24.1 Å². The Labute approximate surface area is 128 Å². The molecule has 1 aliphatic heterocycles. The lowest BCUT2D eigenvalue weighted by Crippen LogP contribution is -2.42. The van der Waals surface area contributed by atoms with Crippen LogP contribution < -0.4 is 0 Å². The van der Waals surface area contributed by atoms with Crippen molar-refractivity contribution in [2.75, 3.05) is 18.1 Å². The number of thiazole rings is 1. The zero-order valence-corrected chi connectivity index (χ0v) is 13.7. The molecule has 0 spiro atoms. The van der Waals surface area contributed by atoms with Crippen molar-refractivity contribution in [3.05, 3.63) is 39.7 Å². The first-order valence-electron chi connectivity index (χ1n) is 6.85. The molecule has 1 saturated heterocycles. The molecule has 1 fully saturated rings. The largest absolute Gasteiger partial charge is 0.465 e. The summed E-state index contributed by atoms with van der Waals surface area (Å²) < 4.78 is 29.6. The Hall–Kier alpha value is -1.18. The van der Waals surface area contributed by atoms with E-state index < -0.39 is 9.84 Å². The van der Waals surface area contributed by atoms with Gasteiger partial charge in [0, 0.05) is 17.6 Å². The standard InChI is InChI=1S/C14H18N2O3S2/c1-10-8-20-14(15-10)7-16-5-6-21(17,18)9-12(16)13-4-3-11(2)19-13/h3-4,8,12H,5-7,9H2,1-2H3. The molecule has 3 rings (SSSR count). The lowest BCUT2D eigenvalue weighted by atomic mass is 10.2. The fraction of sp³-hybridized carbons (Fsp3) is 0.500. The van der Waals surface area contributed by atoms with Crippen molar-refractivity contribution in [1.82, 2.24) is 9.88 Å². The summed E-state index contributed by atoms with van der Waals surface area (Å²) in [7, 11) is -3.01. The highest BCUT2D eigenvalue weighted by atomic mass is 32.2. The van der Waals surface area contributed by atoms with E-state index in [0.717, 1.165) is 22.2 Å². The van der Waals surface area contributed by atoms with Crippen molar-refractivity contribution in [2.45, 2.75) is 26.4 Å². The molecule has 1 unspecified atom stereocenters. The van der Waals surface area contributed by atoms with Crippen molar-refractivity contribution in [3.63, 3.8) is 0 Å². The molecule has 2 aromatic heterocycles. The Balaban J connectivity index is 1.86. The molecule has 0 bridgehead atoms. The highest BCUT2D eigenvalue weighted by Gasteiger charge is 2.34. The third-order valence-electron chi connectivity index (χ3n) is 3.64. The van der Waals surface area contributed by atoms with Gasteiger partial charge in [-0.2, -0.15) is 0 Å². The fourth-order valence-electron chi connectivity index (χ4n) is 2.57. The zero-order chi connectivity index (χ0) is 15.0. The minimum Gasteiger partial charge on any atom is -0.465 e. The van der Waals surface area contributed by atoms with Gasteiger partial charge < -0.3 is 4.42 Å². The molecule has 0 aliphatic carbocycles. The highest BCUT2D eigenvalue weighted by molar-refractivity contribution is 7.91.